The average molecular weight is 426 g/mol. The van der Waals surface area contributed by atoms with E-state index in [2.05, 4.69) is 10.6 Å². The minimum absolute atomic E-state index is 0.0519. The number of ether oxygens (including phenoxy) is 4. The van der Waals surface area contributed by atoms with Gasteiger partial charge in [-0.05, 0) is 55.0 Å². The number of rotatable bonds is 8. The van der Waals surface area contributed by atoms with Gasteiger partial charge in [0.15, 0.2) is 11.5 Å². The fourth-order valence-corrected chi connectivity index (χ4v) is 2.72. The lowest BCUT2D eigenvalue weighted by atomic mass is 10.1. The molecule has 1 aliphatic rings. The third-order valence-corrected chi connectivity index (χ3v) is 4.25. The second-order valence-electron chi connectivity index (χ2n) is 6.34. The largest absolute Gasteiger partial charge is 0.497 e. The van der Waals surface area contributed by atoms with Crippen LogP contribution in [0.25, 0.3) is 6.08 Å². The van der Waals surface area contributed by atoms with Crippen LogP contribution in [0.4, 0.5) is 0 Å². The van der Waals surface area contributed by atoms with Crippen LogP contribution in [-0.4, -0.2) is 44.8 Å². The summed E-state index contributed by atoms with van der Waals surface area (Å²) in [5.41, 5.74) is 0.875. The first-order valence-electron chi connectivity index (χ1n) is 9.50. The van der Waals surface area contributed by atoms with Crippen LogP contribution in [0.5, 0.6) is 17.2 Å². The van der Waals surface area contributed by atoms with Gasteiger partial charge in [0.05, 0.1) is 13.7 Å². The van der Waals surface area contributed by atoms with Gasteiger partial charge in [-0.2, -0.15) is 0 Å². The van der Waals surface area contributed by atoms with Crippen molar-refractivity contribution in [2.24, 2.45) is 0 Å². The number of hydrogen-bond donors (Lipinski definition) is 2. The molecule has 0 aliphatic carbocycles. The summed E-state index contributed by atoms with van der Waals surface area (Å²) in [6, 6.07) is 11.5. The lowest BCUT2D eigenvalue weighted by molar-refractivity contribution is -0.143. The average Bonchev–Trinajstić information content (AvgIpc) is 3.25. The number of nitrogens with one attached hydrogen (secondary N) is 2. The Labute approximate surface area is 178 Å². The topological polar surface area (TPSA) is 112 Å². The normalized spacial score (nSPS) is 12.1. The summed E-state index contributed by atoms with van der Waals surface area (Å²) >= 11 is 0. The highest BCUT2D eigenvalue weighted by Gasteiger charge is 2.18. The minimum atomic E-state index is -0.646. The van der Waals surface area contributed by atoms with Gasteiger partial charge in [-0.3, -0.25) is 14.4 Å². The highest BCUT2D eigenvalue weighted by Crippen LogP contribution is 2.33. The molecule has 0 atom stereocenters. The van der Waals surface area contributed by atoms with E-state index in [0.717, 1.165) is 0 Å². The molecule has 0 radical (unpaired) electrons. The zero-order valence-electron chi connectivity index (χ0n) is 17.1. The first-order chi connectivity index (χ1) is 15.0. The van der Waals surface area contributed by atoms with Crippen molar-refractivity contribution in [3.8, 4) is 17.2 Å². The molecule has 3 rings (SSSR count). The minimum Gasteiger partial charge on any atom is -0.497 e. The van der Waals surface area contributed by atoms with E-state index in [1.165, 1.54) is 13.2 Å². The lowest BCUT2D eigenvalue weighted by Crippen LogP contribution is -2.37. The number of carbonyl (C=O) groups excluding carboxylic acids is 3. The maximum atomic E-state index is 12.7. The standard InChI is InChI=1S/C22H22N2O7/c1-3-29-20(25)12-23-22(27)17(10-14-4-9-18-19(11-14)31-13-30-18)24-21(26)15-5-7-16(28-2)8-6-15/h4-11H,3,12-13H2,1-2H3,(H,23,27)(H,24,26)/b17-10-. The van der Waals surface area contributed by atoms with Gasteiger partial charge in [-0.1, -0.05) is 6.07 Å². The third kappa shape index (κ3) is 5.75. The summed E-state index contributed by atoms with van der Waals surface area (Å²) in [5.74, 6) is -0.0117. The summed E-state index contributed by atoms with van der Waals surface area (Å²) in [5, 5.41) is 5.03. The van der Waals surface area contributed by atoms with Gasteiger partial charge >= 0.3 is 5.97 Å². The Bertz CT molecular complexity index is 999. The van der Waals surface area contributed by atoms with Gasteiger partial charge in [0.2, 0.25) is 6.79 Å². The molecule has 9 nitrogen and oxygen atoms in total. The van der Waals surface area contributed by atoms with Gasteiger partial charge in [-0.25, -0.2) is 0 Å². The number of benzene rings is 2. The Morgan fingerprint density at radius 2 is 1.81 bits per heavy atom. The van der Waals surface area contributed by atoms with Gasteiger partial charge in [-0.15, -0.1) is 0 Å². The van der Waals surface area contributed by atoms with Crippen molar-refractivity contribution < 1.29 is 33.3 Å². The van der Waals surface area contributed by atoms with E-state index in [0.29, 0.717) is 28.4 Å². The molecular formula is C22H22N2O7. The Balaban J connectivity index is 1.81. The second-order valence-corrected chi connectivity index (χ2v) is 6.34. The van der Waals surface area contributed by atoms with E-state index >= 15 is 0 Å². The maximum Gasteiger partial charge on any atom is 0.325 e. The van der Waals surface area contributed by atoms with E-state index in [-0.39, 0.29) is 25.6 Å². The molecule has 0 bridgehead atoms. The molecule has 0 unspecified atom stereocenters. The molecule has 2 aromatic carbocycles. The summed E-state index contributed by atoms with van der Waals surface area (Å²) in [7, 11) is 1.52. The molecule has 0 saturated carbocycles. The smallest absolute Gasteiger partial charge is 0.325 e. The molecule has 1 heterocycles. The summed E-state index contributed by atoms with van der Waals surface area (Å²) < 4.78 is 20.5. The Kier molecular flexibility index (Phi) is 7.10. The monoisotopic (exact) mass is 426 g/mol. The van der Waals surface area contributed by atoms with Crippen molar-refractivity contribution in [1.29, 1.82) is 0 Å². The number of esters is 1. The predicted molar refractivity (Wildman–Crippen MR) is 111 cm³/mol. The quantitative estimate of drug-likeness (QED) is 0.490. The Morgan fingerprint density at radius 3 is 2.52 bits per heavy atom. The molecule has 0 saturated heterocycles. The molecule has 0 aromatic heterocycles. The SMILES string of the molecule is CCOC(=O)CNC(=O)/C(=C/c1ccc2c(c1)OCO2)NC(=O)c1ccc(OC)cc1. The zero-order valence-corrected chi connectivity index (χ0v) is 17.1. The summed E-state index contributed by atoms with van der Waals surface area (Å²) in [4.78, 5) is 36.9. The molecule has 31 heavy (non-hydrogen) atoms. The van der Waals surface area contributed by atoms with Gasteiger partial charge in [0, 0.05) is 5.56 Å². The molecule has 1 aliphatic heterocycles. The van der Waals surface area contributed by atoms with Crippen LogP contribution in [0.1, 0.15) is 22.8 Å². The highest BCUT2D eigenvalue weighted by atomic mass is 16.7. The number of fused-ring (bicyclic) bond motifs is 1. The zero-order chi connectivity index (χ0) is 22.2. The van der Waals surface area contributed by atoms with E-state index < -0.39 is 17.8 Å². The van der Waals surface area contributed by atoms with Gasteiger partial charge in [0.25, 0.3) is 11.8 Å². The summed E-state index contributed by atoms with van der Waals surface area (Å²) in [6.45, 7) is 1.65. The molecule has 2 amide bonds. The van der Waals surface area contributed by atoms with Crippen LogP contribution < -0.4 is 24.8 Å². The van der Waals surface area contributed by atoms with Crippen LogP contribution in [0, 0.1) is 0 Å². The lowest BCUT2D eigenvalue weighted by Gasteiger charge is -2.11. The van der Waals surface area contributed by atoms with Crippen LogP contribution >= 0.6 is 0 Å². The first kappa shape index (κ1) is 21.7. The van der Waals surface area contributed by atoms with Crippen molar-refractivity contribution in [1.82, 2.24) is 10.6 Å². The molecular weight excluding hydrogens is 404 g/mol. The molecule has 162 valence electrons. The number of hydrogen-bond acceptors (Lipinski definition) is 7. The van der Waals surface area contributed by atoms with E-state index in [4.69, 9.17) is 18.9 Å². The molecule has 2 N–H and O–H groups in total. The van der Waals surface area contributed by atoms with E-state index in [1.54, 1.807) is 49.4 Å². The van der Waals surface area contributed by atoms with Crippen molar-refractivity contribution in [3.05, 3.63) is 59.3 Å². The summed E-state index contributed by atoms with van der Waals surface area (Å²) in [6.07, 6.45) is 1.48. The van der Waals surface area contributed by atoms with Crippen molar-refractivity contribution in [2.45, 2.75) is 6.92 Å². The van der Waals surface area contributed by atoms with E-state index in [9.17, 15) is 14.4 Å². The molecule has 2 aromatic rings. The van der Waals surface area contributed by atoms with Crippen LogP contribution in [0.15, 0.2) is 48.2 Å². The number of carbonyl (C=O) groups is 3. The molecule has 0 fully saturated rings. The third-order valence-electron chi connectivity index (χ3n) is 4.25. The maximum absolute atomic E-state index is 12.7. The Morgan fingerprint density at radius 1 is 1.06 bits per heavy atom. The van der Waals surface area contributed by atoms with E-state index in [1.807, 2.05) is 0 Å². The number of amides is 2. The Hall–Kier alpha value is -4.01. The first-order valence-corrected chi connectivity index (χ1v) is 9.50. The van der Waals surface area contributed by atoms with Crippen molar-refractivity contribution in [2.75, 3.05) is 27.1 Å². The van der Waals surface area contributed by atoms with Crippen molar-refractivity contribution in [3.63, 3.8) is 0 Å². The van der Waals surface area contributed by atoms with Crippen molar-refractivity contribution >= 4 is 23.9 Å². The number of methoxy groups -OCH3 is 1. The molecule has 9 heteroatoms. The van der Waals surface area contributed by atoms with Gasteiger partial charge < -0.3 is 29.6 Å². The fraction of sp³-hybridized carbons (Fsp3) is 0.227. The molecule has 0 spiro atoms. The highest BCUT2D eigenvalue weighted by molar-refractivity contribution is 6.05. The van der Waals surface area contributed by atoms with Crippen LogP contribution in [0.2, 0.25) is 0 Å². The van der Waals surface area contributed by atoms with Crippen LogP contribution in [0.3, 0.4) is 0 Å². The predicted octanol–water partition coefficient (Wildman–Crippen LogP) is 1.87. The fourth-order valence-electron chi connectivity index (χ4n) is 2.72. The second kappa shape index (κ2) is 10.1. The van der Waals surface area contributed by atoms with Crippen LogP contribution in [-0.2, 0) is 14.3 Å². The van der Waals surface area contributed by atoms with Gasteiger partial charge in [0.1, 0.15) is 18.0 Å².